The molecule has 1 saturated carbocycles. The van der Waals surface area contributed by atoms with E-state index in [1.54, 1.807) is 32.9 Å². The van der Waals surface area contributed by atoms with Gasteiger partial charge in [0.25, 0.3) is 11.8 Å². The number of ether oxygens (including phenoxy) is 1. The van der Waals surface area contributed by atoms with E-state index in [0.717, 1.165) is 12.8 Å². The molecule has 150 valence electrons. The Bertz CT molecular complexity index is 778. The van der Waals surface area contributed by atoms with Gasteiger partial charge in [0.05, 0.1) is 17.5 Å². The molecular formula is C20H24N2O6. The minimum atomic E-state index is -0.641. The molecule has 28 heavy (non-hydrogen) atoms. The number of nitrogens with zero attached hydrogens (tertiary/aromatic N) is 1. The summed E-state index contributed by atoms with van der Waals surface area (Å²) in [6.07, 6.45) is 1.66. The summed E-state index contributed by atoms with van der Waals surface area (Å²) in [5.74, 6) is -1.91. The van der Waals surface area contributed by atoms with E-state index < -0.39 is 29.5 Å². The molecule has 0 unspecified atom stereocenters. The normalized spacial score (nSPS) is 21.5. The Morgan fingerprint density at radius 1 is 1.11 bits per heavy atom. The quantitative estimate of drug-likeness (QED) is 0.796. The highest BCUT2D eigenvalue weighted by atomic mass is 16.7. The van der Waals surface area contributed by atoms with Crippen molar-refractivity contribution in [3.63, 3.8) is 0 Å². The third kappa shape index (κ3) is 4.49. The van der Waals surface area contributed by atoms with Crippen LogP contribution in [0.5, 0.6) is 0 Å². The van der Waals surface area contributed by atoms with Crippen LogP contribution in [0.3, 0.4) is 0 Å². The van der Waals surface area contributed by atoms with Crippen LogP contribution in [0.15, 0.2) is 24.3 Å². The van der Waals surface area contributed by atoms with Crippen LogP contribution in [0.25, 0.3) is 0 Å². The summed E-state index contributed by atoms with van der Waals surface area (Å²) in [4.78, 5) is 53.6. The zero-order valence-electron chi connectivity index (χ0n) is 16.2. The zero-order chi connectivity index (χ0) is 20.5. The number of hydrogen-bond donors (Lipinski definition) is 1. The van der Waals surface area contributed by atoms with Gasteiger partial charge in [-0.15, -0.1) is 0 Å². The van der Waals surface area contributed by atoms with Gasteiger partial charge in [-0.2, -0.15) is 0 Å². The second-order valence-corrected chi connectivity index (χ2v) is 8.14. The lowest BCUT2D eigenvalue weighted by atomic mass is 10.0. The summed E-state index contributed by atoms with van der Waals surface area (Å²) < 4.78 is 5.24. The first kappa shape index (κ1) is 19.9. The molecule has 8 heteroatoms. The first-order valence-corrected chi connectivity index (χ1v) is 9.32. The number of carbonyl (C=O) groups is 4. The van der Waals surface area contributed by atoms with Gasteiger partial charge in [-0.25, -0.2) is 9.59 Å². The molecule has 1 fully saturated rings. The van der Waals surface area contributed by atoms with E-state index in [2.05, 4.69) is 5.32 Å². The van der Waals surface area contributed by atoms with Gasteiger partial charge in [-0.1, -0.05) is 17.2 Å². The van der Waals surface area contributed by atoms with Crippen molar-refractivity contribution in [2.45, 2.75) is 58.1 Å². The largest absolute Gasteiger partial charge is 0.444 e. The Morgan fingerprint density at radius 2 is 1.71 bits per heavy atom. The zero-order valence-corrected chi connectivity index (χ0v) is 16.2. The molecule has 3 amide bonds. The van der Waals surface area contributed by atoms with Gasteiger partial charge in [0.15, 0.2) is 0 Å². The smallest absolute Gasteiger partial charge is 0.407 e. The third-order valence-electron chi connectivity index (χ3n) is 4.67. The van der Waals surface area contributed by atoms with E-state index in [1.165, 1.54) is 12.1 Å². The van der Waals surface area contributed by atoms with E-state index >= 15 is 0 Å². The Labute approximate surface area is 163 Å². The fourth-order valence-corrected chi connectivity index (χ4v) is 3.49. The second kappa shape index (κ2) is 7.61. The van der Waals surface area contributed by atoms with Crippen molar-refractivity contribution in [1.82, 2.24) is 10.4 Å². The number of rotatable bonds is 4. The lowest BCUT2D eigenvalue weighted by molar-refractivity contribution is -0.169. The van der Waals surface area contributed by atoms with Crippen molar-refractivity contribution in [2.24, 2.45) is 5.92 Å². The SMILES string of the molecule is CC(C)(C)OC(=O)N[C@@H]1CC[C@H](CC(=O)ON2C(=O)c3ccccc3C2=O)C1. The number of nitrogens with one attached hydrogen (secondary N) is 1. The maximum absolute atomic E-state index is 12.2. The number of hydrogen-bond acceptors (Lipinski definition) is 6. The van der Waals surface area contributed by atoms with Crippen LogP contribution < -0.4 is 5.32 Å². The summed E-state index contributed by atoms with van der Waals surface area (Å²) in [5.41, 5.74) is -0.122. The van der Waals surface area contributed by atoms with Crippen molar-refractivity contribution in [2.75, 3.05) is 0 Å². The van der Waals surface area contributed by atoms with Crippen molar-refractivity contribution in [3.05, 3.63) is 35.4 Å². The molecular weight excluding hydrogens is 364 g/mol. The van der Waals surface area contributed by atoms with Crippen molar-refractivity contribution >= 4 is 23.9 Å². The van der Waals surface area contributed by atoms with Crippen molar-refractivity contribution in [1.29, 1.82) is 0 Å². The second-order valence-electron chi connectivity index (χ2n) is 8.14. The standard InChI is InChI=1S/C20H24N2O6/c1-20(2,3)27-19(26)21-13-9-8-12(10-13)11-16(23)28-22-17(24)14-6-4-5-7-15(14)18(22)25/h4-7,12-13H,8-11H2,1-3H3,(H,21,26)/t12-,13+/m0/s1. The van der Waals surface area contributed by atoms with Crippen molar-refractivity contribution in [3.8, 4) is 0 Å². The number of hydroxylamine groups is 2. The summed E-state index contributed by atoms with van der Waals surface area (Å²) >= 11 is 0. The van der Waals surface area contributed by atoms with E-state index in [1.807, 2.05) is 0 Å². The van der Waals surface area contributed by atoms with Crippen LogP contribution in [0.2, 0.25) is 0 Å². The maximum atomic E-state index is 12.2. The predicted molar refractivity (Wildman–Crippen MR) is 98.1 cm³/mol. The lowest BCUT2D eigenvalue weighted by Crippen LogP contribution is -2.38. The first-order valence-electron chi connectivity index (χ1n) is 9.32. The third-order valence-corrected chi connectivity index (χ3v) is 4.67. The molecule has 0 aromatic heterocycles. The molecule has 8 nitrogen and oxygen atoms in total. The Morgan fingerprint density at radius 3 is 2.29 bits per heavy atom. The Hall–Kier alpha value is -2.90. The molecule has 1 aliphatic carbocycles. The highest BCUT2D eigenvalue weighted by Crippen LogP contribution is 2.30. The molecule has 0 saturated heterocycles. The molecule has 0 radical (unpaired) electrons. The monoisotopic (exact) mass is 388 g/mol. The summed E-state index contributed by atoms with van der Waals surface area (Å²) in [7, 11) is 0. The molecule has 0 spiro atoms. The fourth-order valence-electron chi connectivity index (χ4n) is 3.49. The molecule has 1 heterocycles. The number of amides is 3. The lowest BCUT2D eigenvalue weighted by Gasteiger charge is -2.21. The minimum Gasteiger partial charge on any atom is -0.444 e. The number of imide groups is 1. The van der Waals surface area contributed by atoms with Crippen LogP contribution in [0, 0.1) is 5.92 Å². The molecule has 1 aromatic rings. The average molecular weight is 388 g/mol. The first-order chi connectivity index (χ1) is 13.1. The van der Waals surface area contributed by atoms with Crippen LogP contribution in [-0.2, 0) is 14.4 Å². The Kier molecular flexibility index (Phi) is 5.40. The molecule has 0 bridgehead atoms. The van der Waals surface area contributed by atoms with Crippen molar-refractivity contribution < 1.29 is 28.8 Å². The molecule has 3 rings (SSSR count). The Balaban J connectivity index is 1.48. The fraction of sp³-hybridized carbons (Fsp3) is 0.500. The topological polar surface area (TPSA) is 102 Å². The van der Waals surface area contributed by atoms with Gasteiger partial charge in [0.2, 0.25) is 0 Å². The molecule has 2 aliphatic rings. The molecule has 1 aromatic carbocycles. The number of benzene rings is 1. The summed E-state index contributed by atoms with van der Waals surface area (Å²) in [6.45, 7) is 5.37. The minimum absolute atomic E-state index is 0.00243. The molecule has 2 atom stereocenters. The maximum Gasteiger partial charge on any atom is 0.407 e. The highest BCUT2D eigenvalue weighted by Gasteiger charge is 2.39. The predicted octanol–water partition coefficient (Wildman–Crippen LogP) is 2.82. The highest BCUT2D eigenvalue weighted by molar-refractivity contribution is 6.20. The van der Waals surface area contributed by atoms with Gasteiger partial charge < -0.3 is 14.9 Å². The van der Waals surface area contributed by atoms with Crippen LogP contribution >= 0.6 is 0 Å². The molecule has 1 aliphatic heterocycles. The van der Waals surface area contributed by atoms with Gasteiger partial charge in [0.1, 0.15) is 5.60 Å². The van der Waals surface area contributed by atoms with Crippen LogP contribution in [-0.4, -0.2) is 40.6 Å². The van der Waals surface area contributed by atoms with E-state index in [4.69, 9.17) is 9.57 Å². The summed E-state index contributed by atoms with van der Waals surface area (Å²) in [6, 6.07) is 6.25. The van der Waals surface area contributed by atoms with Gasteiger partial charge in [-0.05, 0) is 58.1 Å². The average Bonchev–Trinajstić information content (AvgIpc) is 3.11. The number of carbonyl (C=O) groups excluding carboxylic acids is 4. The van der Waals surface area contributed by atoms with E-state index in [-0.39, 0.29) is 29.5 Å². The van der Waals surface area contributed by atoms with Gasteiger partial charge >= 0.3 is 12.1 Å². The van der Waals surface area contributed by atoms with E-state index in [0.29, 0.717) is 11.5 Å². The van der Waals surface area contributed by atoms with Crippen LogP contribution in [0.4, 0.5) is 4.79 Å². The van der Waals surface area contributed by atoms with Crippen LogP contribution in [0.1, 0.15) is 67.2 Å². The van der Waals surface area contributed by atoms with E-state index in [9.17, 15) is 19.2 Å². The number of fused-ring (bicyclic) bond motifs is 1. The molecule has 1 N–H and O–H groups in total. The van der Waals surface area contributed by atoms with Gasteiger partial charge in [0, 0.05) is 6.04 Å². The van der Waals surface area contributed by atoms with Gasteiger partial charge in [-0.3, -0.25) is 9.59 Å². The number of alkyl carbamates (subject to hydrolysis) is 1. The summed E-state index contributed by atoms with van der Waals surface area (Å²) in [5, 5.41) is 3.33.